The van der Waals surface area contributed by atoms with Gasteiger partial charge >= 0.3 is 0 Å². The lowest BCUT2D eigenvalue weighted by molar-refractivity contribution is -0.120. The van der Waals surface area contributed by atoms with Crippen LogP contribution in [0.2, 0.25) is 0 Å². The number of benzene rings is 1. The summed E-state index contributed by atoms with van der Waals surface area (Å²) in [5.41, 5.74) is 1.42. The lowest BCUT2D eigenvalue weighted by atomic mass is 9.90. The number of hydrogen-bond donors (Lipinski definition) is 1. The Hall–Kier alpha value is -2.19. The van der Waals surface area contributed by atoms with Crippen LogP contribution in [0.3, 0.4) is 0 Å². The van der Waals surface area contributed by atoms with E-state index in [1.807, 2.05) is 38.1 Å². The molecule has 2 aromatic heterocycles. The van der Waals surface area contributed by atoms with Crippen LogP contribution >= 0.6 is 23.1 Å². The highest BCUT2D eigenvalue weighted by atomic mass is 32.2. The van der Waals surface area contributed by atoms with Gasteiger partial charge in [-0.25, -0.2) is 4.98 Å². The average molecular weight is 471 g/mol. The van der Waals surface area contributed by atoms with Crippen molar-refractivity contribution in [3.05, 3.63) is 51.4 Å². The summed E-state index contributed by atoms with van der Waals surface area (Å²) >= 11 is 3.13. The van der Waals surface area contributed by atoms with Crippen LogP contribution in [0.4, 0.5) is 5.69 Å². The van der Waals surface area contributed by atoms with Crippen LogP contribution in [-0.4, -0.2) is 20.5 Å². The van der Waals surface area contributed by atoms with Crippen LogP contribution in [0.5, 0.6) is 0 Å². The summed E-state index contributed by atoms with van der Waals surface area (Å²) in [6.45, 7) is 4.07. The molecule has 1 aromatic carbocycles. The monoisotopic (exact) mass is 470 g/mol. The van der Waals surface area contributed by atoms with Crippen LogP contribution in [0, 0.1) is 5.92 Å². The van der Waals surface area contributed by atoms with E-state index in [9.17, 15) is 9.59 Å². The van der Waals surface area contributed by atoms with E-state index in [0.717, 1.165) is 47.0 Å². The van der Waals surface area contributed by atoms with Crippen LogP contribution in [0.25, 0.3) is 4.96 Å². The number of nitrogens with zero attached hydrogens (tertiary/aromatic N) is 3. The zero-order valence-electron chi connectivity index (χ0n) is 18.7. The molecule has 0 unspecified atom stereocenters. The van der Waals surface area contributed by atoms with Gasteiger partial charge in [-0.2, -0.15) is 9.61 Å². The third-order valence-electron chi connectivity index (χ3n) is 6.14. The number of thioether (sulfide) groups is 1. The van der Waals surface area contributed by atoms with Crippen molar-refractivity contribution in [2.75, 3.05) is 5.32 Å². The molecule has 32 heavy (non-hydrogen) atoms. The minimum absolute atomic E-state index is 0.0156. The van der Waals surface area contributed by atoms with E-state index in [0.29, 0.717) is 16.6 Å². The van der Waals surface area contributed by atoms with Crippen LogP contribution in [0.15, 0.2) is 40.0 Å². The number of aromatic nitrogens is 3. The number of anilines is 1. The molecule has 0 radical (unpaired) electrons. The molecule has 0 bridgehead atoms. The summed E-state index contributed by atoms with van der Waals surface area (Å²) in [6.07, 6.45) is 7.70. The molecule has 1 saturated carbocycles. The zero-order chi connectivity index (χ0) is 22.5. The molecule has 1 aliphatic rings. The smallest absolute Gasteiger partial charge is 0.275 e. The molecule has 1 aliphatic carbocycles. The Morgan fingerprint density at radius 1 is 1.22 bits per heavy atom. The molecule has 4 rings (SSSR count). The average Bonchev–Trinajstić information content (AvgIpc) is 3.25. The standard InChI is InChI=1S/C24H30N4O2S2/c1-3-16(4-2)22(30)26-19-12-8-9-13-20(19)31-15-18-14-21(29)28-24(25-18)32-23(27-28)17-10-6-5-7-11-17/h8-9,12-14,16-17H,3-7,10-11,15H2,1-2H3,(H,26,30). The zero-order valence-corrected chi connectivity index (χ0v) is 20.3. The van der Waals surface area contributed by atoms with Crippen molar-refractivity contribution in [1.82, 2.24) is 14.6 Å². The van der Waals surface area contributed by atoms with Crippen LogP contribution in [0.1, 0.15) is 75.4 Å². The molecule has 0 aliphatic heterocycles. The Kier molecular flexibility index (Phi) is 7.63. The first-order valence-corrected chi connectivity index (χ1v) is 13.3. The molecule has 3 aromatic rings. The van der Waals surface area contributed by atoms with Gasteiger partial charge < -0.3 is 5.32 Å². The third-order valence-corrected chi connectivity index (χ3v) is 8.32. The fraction of sp³-hybridized carbons (Fsp3) is 0.500. The van der Waals surface area contributed by atoms with E-state index in [2.05, 4.69) is 10.4 Å². The quantitative estimate of drug-likeness (QED) is 0.417. The van der Waals surface area contributed by atoms with Crippen LogP contribution in [-0.2, 0) is 10.5 Å². The SMILES string of the molecule is CCC(CC)C(=O)Nc1ccccc1SCc1cc(=O)n2nc(C3CCCCC3)sc2n1. The fourth-order valence-corrected chi connectivity index (χ4v) is 6.19. The molecule has 170 valence electrons. The number of hydrogen-bond acceptors (Lipinski definition) is 6. The Labute approximate surface area is 196 Å². The van der Waals surface area contributed by atoms with Gasteiger partial charge in [0.25, 0.3) is 5.56 Å². The molecule has 6 nitrogen and oxygen atoms in total. The molecule has 2 heterocycles. The minimum atomic E-state index is -0.126. The van der Waals surface area contributed by atoms with E-state index in [1.54, 1.807) is 29.2 Å². The Morgan fingerprint density at radius 2 is 1.97 bits per heavy atom. The van der Waals surface area contributed by atoms with E-state index in [-0.39, 0.29) is 17.4 Å². The summed E-state index contributed by atoms with van der Waals surface area (Å²) in [7, 11) is 0. The summed E-state index contributed by atoms with van der Waals surface area (Å²) in [4.78, 5) is 31.6. The third kappa shape index (κ3) is 5.23. The normalized spacial score (nSPS) is 14.8. The Morgan fingerprint density at radius 3 is 2.72 bits per heavy atom. The van der Waals surface area contributed by atoms with Gasteiger partial charge in [0.15, 0.2) is 0 Å². The molecule has 1 fully saturated rings. The summed E-state index contributed by atoms with van der Waals surface area (Å²) in [5, 5.41) is 8.69. The number of carbonyl (C=O) groups is 1. The number of carbonyl (C=O) groups excluding carboxylic acids is 1. The summed E-state index contributed by atoms with van der Waals surface area (Å²) < 4.78 is 1.45. The summed E-state index contributed by atoms with van der Waals surface area (Å²) in [6, 6.07) is 9.38. The van der Waals surface area contributed by atoms with Gasteiger partial charge in [0.1, 0.15) is 5.01 Å². The van der Waals surface area contributed by atoms with Crippen molar-refractivity contribution >= 4 is 39.7 Å². The number of rotatable bonds is 8. The largest absolute Gasteiger partial charge is 0.325 e. The molecule has 0 saturated heterocycles. The molecule has 0 spiro atoms. The van der Waals surface area contributed by atoms with Crippen molar-refractivity contribution < 1.29 is 4.79 Å². The molecule has 8 heteroatoms. The molecule has 0 atom stereocenters. The maximum absolute atomic E-state index is 12.7. The number of nitrogens with one attached hydrogen (secondary N) is 1. The van der Waals surface area contributed by atoms with E-state index in [4.69, 9.17) is 4.98 Å². The highest BCUT2D eigenvalue weighted by Gasteiger charge is 2.21. The first-order valence-electron chi connectivity index (χ1n) is 11.5. The number of fused-ring (bicyclic) bond motifs is 1. The molecule has 1 N–H and O–H groups in total. The van der Waals surface area contributed by atoms with Gasteiger partial charge in [-0.05, 0) is 37.8 Å². The van der Waals surface area contributed by atoms with Gasteiger partial charge in [-0.1, -0.05) is 56.6 Å². The highest BCUT2D eigenvalue weighted by Crippen LogP contribution is 2.35. The predicted molar refractivity (Wildman–Crippen MR) is 132 cm³/mol. The molecular weight excluding hydrogens is 440 g/mol. The van der Waals surface area contributed by atoms with Crippen molar-refractivity contribution in [2.45, 2.75) is 75.4 Å². The molecular formula is C24H30N4O2S2. The topological polar surface area (TPSA) is 76.4 Å². The summed E-state index contributed by atoms with van der Waals surface area (Å²) in [5.74, 6) is 1.08. The van der Waals surface area contributed by atoms with Crippen molar-refractivity contribution in [2.24, 2.45) is 5.92 Å². The lowest BCUT2D eigenvalue weighted by Gasteiger charge is -2.18. The van der Waals surface area contributed by atoms with E-state index in [1.165, 1.54) is 23.8 Å². The minimum Gasteiger partial charge on any atom is -0.325 e. The molecule has 1 amide bonds. The van der Waals surface area contributed by atoms with Gasteiger partial charge in [-0.3, -0.25) is 9.59 Å². The lowest BCUT2D eigenvalue weighted by Crippen LogP contribution is -2.21. The maximum Gasteiger partial charge on any atom is 0.275 e. The van der Waals surface area contributed by atoms with E-state index >= 15 is 0 Å². The van der Waals surface area contributed by atoms with E-state index < -0.39 is 0 Å². The predicted octanol–water partition coefficient (Wildman–Crippen LogP) is 5.87. The van der Waals surface area contributed by atoms with Crippen molar-refractivity contribution in [1.29, 1.82) is 0 Å². The highest BCUT2D eigenvalue weighted by molar-refractivity contribution is 7.98. The number of para-hydroxylation sites is 1. The second-order valence-electron chi connectivity index (χ2n) is 8.34. The second-order valence-corrected chi connectivity index (χ2v) is 10.3. The van der Waals surface area contributed by atoms with Crippen molar-refractivity contribution in [3.63, 3.8) is 0 Å². The first-order chi connectivity index (χ1) is 15.6. The number of amides is 1. The van der Waals surface area contributed by atoms with Gasteiger partial charge in [-0.15, -0.1) is 11.8 Å². The van der Waals surface area contributed by atoms with Gasteiger partial charge in [0.05, 0.1) is 11.4 Å². The maximum atomic E-state index is 12.7. The second kappa shape index (κ2) is 10.6. The first kappa shape index (κ1) is 23.0. The fourth-order valence-electron chi connectivity index (χ4n) is 4.20. The Bertz CT molecular complexity index is 1130. The van der Waals surface area contributed by atoms with Gasteiger partial charge in [0, 0.05) is 28.6 Å². The Balaban J connectivity index is 1.50. The van der Waals surface area contributed by atoms with Gasteiger partial charge in [0.2, 0.25) is 10.9 Å². The van der Waals surface area contributed by atoms with Crippen molar-refractivity contribution in [3.8, 4) is 0 Å². The van der Waals surface area contributed by atoms with Crippen LogP contribution < -0.4 is 10.9 Å².